The van der Waals surface area contributed by atoms with E-state index in [2.05, 4.69) is 4.74 Å². The SMILES string of the molecule is COC(=O)c1ccc(N2CCC(CO)C2)cc1F. The van der Waals surface area contributed by atoms with Crippen molar-refractivity contribution in [1.82, 2.24) is 0 Å². The molecule has 1 atom stereocenters. The number of methoxy groups -OCH3 is 1. The highest BCUT2D eigenvalue weighted by atomic mass is 19.1. The van der Waals surface area contributed by atoms with Gasteiger partial charge in [0.2, 0.25) is 0 Å². The lowest BCUT2D eigenvalue weighted by atomic mass is 10.1. The van der Waals surface area contributed by atoms with Crippen LogP contribution in [0.15, 0.2) is 18.2 Å². The van der Waals surface area contributed by atoms with Crippen molar-refractivity contribution < 1.29 is 19.0 Å². The minimum atomic E-state index is -0.672. The van der Waals surface area contributed by atoms with E-state index in [0.717, 1.165) is 18.7 Å². The van der Waals surface area contributed by atoms with Crippen LogP contribution >= 0.6 is 0 Å². The number of carbonyl (C=O) groups is 1. The molecule has 0 spiro atoms. The van der Waals surface area contributed by atoms with Crippen LogP contribution in [0.4, 0.5) is 10.1 Å². The largest absolute Gasteiger partial charge is 0.465 e. The number of carbonyl (C=O) groups excluding carboxylic acids is 1. The van der Waals surface area contributed by atoms with Crippen LogP contribution in [0.2, 0.25) is 0 Å². The summed E-state index contributed by atoms with van der Waals surface area (Å²) in [6, 6.07) is 4.48. The first-order chi connectivity index (χ1) is 8.65. The molecule has 1 N–H and O–H groups in total. The van der Waals surface area contributed by atoms with Crippen LogP contribution in [-0.4, -0.2) is 37.9 Å². The van der Waals surface area contributed by atoms with E-state index in [1.54, 1.807) is 6.07 Å². The van der Waals surface area contributed by atoms with Gasteiger partial charge in [0.25, 0.3) is 0 Å². The molecule has 1 unspecified atom stereocenters. The molecule has 1 aromatic rings. The maximum Gasteiger partial charge on any atom is 0.340 e. The van der Waals surface area contributed by atoms with Gasteiger partial charge in [-0.25, -0.2) is 9.18 Å². The number of ether oxygens (including phenoxy) is 1. The van der Waals surface area contributed by atoms with E-state index in [-0.39, 0.29) is 18.1 Å². The standard InChI is InChI=1S/C13H16FNO3/c1-18-13(17)11-3-2-10(6-12(11)14)15-5-4-9(7-15)8-16/h2-3,6,9,16H,4-5,7-8H2,1H3. The second-order valence-corrected chi connectivity index (χ2v) is 4.44. The molecule has 1 aliphatic rings. The highest BCUT2D eigenvalue weighted by Crippen LogP contribution is 2.25. The molecule has 0 aliphatic carbocycles. The predicted octanol–water partition coefficient (Wildman–Crippen LogP) is 1.43. The average molecular weight is 253 g/mol. The van der Waals surface area contributed by atoms with E-state index in [1.807, 2.05) is 4.90 Å². The third kappa shape index (κ3) is 2.46. The van der Waals surface area contributed by atoms with Crippen LogP contribution in [0, 0.1) is 11.7 Å². The number of aliphatic hydroxyl groups excluding tert-OH is 1. The Bertz CT molecular complexity index is 450. The number of nitrogens with zero attached hydrogens (tertiary/aromatic N) is 1. The van der Waals surface area contributed by atoms with Gasteiger partial charge in [-0.3, -0.25) is 0 Å². The average Bonchev–Trinajstić information content (AvgIpc) is 2.86. The van der Waals surface area contributed by atoms with E-state index < -0.39 is 11.8 Å². The molecule has 1 saturated heterocycles. The van der Waals surface area contributed by atoms with Crippen LogP contribution in [-0.2, 0) is 4.74 Å². The van der Waals surface area contributed by atoms with Gasteiger partial charge < -0.3 is 14.7 Å². The number of esters is 1. The van der Waals surface area contributed by atoms with Gasteiger partial charge in [-0.15, -0.1) is 0 Å². The van der Waals surface area contributed by atoms with Gasteiger partial charge >= 0.3 is 5.97 Å². The maximum atomic E-state index is 13.7. The van der Waals surface area contributed by atoms with Crippen molar-refractivity contribution in [3.8, 4) is 0 Å². The molecule has 1 heterocycles. The van der Waals surface area contributed by atoms with Gasteiger partial charge in [0.15, 0.2) is 0 Å². The fraction of sp³-hybridized carbons (Fsp3) is 0.462. The van der Waals surface area contributed by atoms with E-state index in [9.17, 15) is 9.18 Å². The summed E-state index contributed by atoms with van der Waals surface area (Å²) in [5.74, 6) is -1.01. The predicted molar refractivity (Wildman–Crippen MR) is 65.1 cm³/mol. The van der Waals surface area contributed by atoms with Crippen molar-refractivity contribution in [2.75, 3.05) is 31.7 Å². The monoisotopic (exact) mass is 253 g/mol. The Morgan fingerprint density at radius 3 is 2.94 bits per heavy atom. The molecule has 0 amide bonds. The zero-order chi connectivity index (χ0) is 13.1. The Balaban J connectivity index is 2.17. The summed E-state index contributed by atoms with van der Waals surface area (Å²) in [5.41, 5.74) is 0.676. The van der Waals surface area contributed by atoms with Gasteiger partial charge in [-0.2, -0.15) is 0 Å². The van der Waals surface area contributed by atoms with Crippen LogP contribution in [0.3, 0.4) is 0 Å². The molecular formula is C13H16FNO3. The second-order valence-electron chi connectivity index (χ2n) is 4.44. The number of halogens is 1. The van der Waals surface area contributed by atoms with Gasteiger partial charge in [-0.1, -0.05) is 0 Å². The second kappa shape index (κ2) is 5.35. The molecule has 4 nitrogen and oxygen atoms in total. The highest BCUT2D eigenvalue weighted by molar-refractivity contribution is 5.90. The topological polar surface area (TPSA) is 49.8 Å². The first kappa shape index (κ1) is 12.8. The Morgan fingerprint density at radius 1 is 1.61 bits per heavy atom. The number of rotatable bonds is 3. The third-order valence-electron chi connectivity index (χ3n) is 3.27. The quantitative estimate of drug-likeness (QED) is 0.828. The molecule has 0 bridgehead atoms. The zero-order valence-corrected chi connectivity index (χ0v) is 10.2. The molecule has 0 aromatic heterocycles. The molecule has 1 aromatic carbocycles. The fourth-order valence-corrected chi connectivity index (χ4v) is 2.19. The molecule has 1 aliphatic heterocycles. The zero-order valence-electron chi connectivity index (χ0n) is 10.2. The minimum Gasteiger partial charge on any atom is -0.465 e. The van der Waals surface area contributed by atoms with Gasteiger partial charge in [0.05, 0.1) is 12.7 Å². The lowest BCUT2D eigenvalue weighted by molar-refractivity contribution is 0.0595. The Hall–Kier alpha value is -1.62. The summed E-state index contributed by atoms with van der Waals surface area (Å²) in [4.78, 5) is 13.3. The summed E-state index contributed by atoms with van der Waals surface area (Å²) in [7, 11) is 1.22. The molecular weight excluding hydrogens is 237 g/mol. The van der Waals surface area contributed by atoms with Gasteiger partial charge in [0, 0.05) is 31.3 Å². The van der Waals surface area contributed by atoms with Crippen molar-refractivity contribution in [3.63, 3.8) is 0 Å². The highest BCUT2D eigenvalue weighted by Gasteiger charge is 2.23. The molecule has 0 saturated carbocycles. The van der Waals surface area contributed by atoms with Crippen LogP contribution in [0.5, 0.6) is 0 Å². The molecule has 5 heteroatoms. The van der Waals surface area contributed by atoms with Gasteiger partial charge in [0.1, 0.15) is 5.82 Å². The molecule has 1 fully saturated rings. The molecule has 98 valence electrons. The number of hydrogen-bond acceptors (Lipinski definition) is 4. The summed E-state index contributed by atoms with van der Waals surface area (Å²) in [6.45, 7) is 1.66. The number of anilines is 1. The summed E-state index contributed by atoms with van der Waals surface area (Å²) >= 11 is 0. The number of benzene rings is 1. The Morgan fingerprint density at radius 2 is 2.39 bits per heavy atom. The van der Waals surface area contributed by atoms with E-state index in [0.29, 0.717) is 6.54 Å². The van der Waals surface area contributed by atoms with Crippen molar-refractivity contribution in [1.29, 1.82) is 0 Å². The van der Waals surface area contributed by atoms with Crippen LogP contribution in [0.25, 0.3) is 0 Å². The summed E-state index contributed by atoms with van der Waals surface area (Å²) in [5, 5.41) is 9.07. The lowest BCUT2D eigenvalue weighted by Gasteiger charge is -2.18. The smallest absolute Gasteiger partial charge is 0.340 e. The summed E-state index contributed by atoms with van der Waals surface area (Å²) < 4.78 is 18.2. The van der Waals surface area contributed by atoms with E-state index in [4.69, 9.17) is 5.11 Å². The first-order valence-electron chi connectivity index (χ1n) is 5.89. The van der Waals surface area contributed by atoms with Crippen molar-refractivity contribution >= 4 is 11.7 Å². The van der Waals surface area contributed by atoms with E-state index >= 15 is 0 Å². The lowest BCUT2D eigenvalue weighted by Crippen LogP contribution is -2.21. The van der Waals surface area contributed by atoms with E-state index in [1.165, 1.54) is 19.2 Å². The Kier molecular flexibility index (Phi) is 3.81. The number of hydrogen-bond donors (Lipinski definition) is 1. The maximum absolute atomic E-state index is 13.7. The normalized spacial score (nSPS) is 19.1. The third-order valence-corrected chi connectivity index (χ3v) is 3.27. The Labute approximate surface area is 105 Å². The fourth-order valence-electron chi connectivity index (χ4n) is 2.19. The van der Waals surface area contributed by atoms with Crippen LogP contribution < -0.4 is 4.90 Å². The molecule has 2 rings (SSSR count). The first-order valence-corrected chi connectivity index (χ1v) is 5.89. The summed E-state index contributed by atoms with van der Waals surface area (Å²) in [6.07, 6.45) is 0.900. The molecule has 0 radical (unpaired) electrons. The van der Waals surface area contributed by atoms with Crippen LogP contribution in [0.1, 0.15) is 16.8 Å². The number of aliphatic hydroxyl groups is 1. The van der Waals surface area contributed by atoms with Crippen molar-refractivity contribution in [3.05, 3.63) is 29.6 Å². The molecule has 18 heavy (non-hydrogen) atoms. The van der Waals surface area contributed by atoms with Crippen molar-refractivity contribution in [2.45, 2.75) is 6.42 Å². The van der Waals surface area contributed by atoms with Gasteiger partial charge in [-0.05, 0) is 24.6 Å². The van der Waals surface area contributed by atoms with Crippen molar-refractivity contribution in [2.24, 2.45) is 5.92 Å². The minimum absolute atomic E-state index is 0.0563.